The highest BCUT2D eigenvalue weighted by Crippen LogP contribution is 2.42. The Bertz CT molecular complexity index is 1100. The molecule has 1 aromatic heterocycles. The molecule has 2 aromatic carbocycles. The average Bonchev–Trinajstić information content (AvgIpc) is 3.50. The Morgan fingerprint density at radius 2 is 1.90 bits per heavy atom. The number of amides is 1. The van der Waals surface area contributed by atoms with E-state index in [4.69, 9.17) is 11.6 Å². The van der Waals surface area contributed by atoms with E-state index in [9.17, 15) is 18.0 Å². The molecule has 162 valence electrons. The van der Waals surface area contributed by atoms with E-state index in [1.54, 1.807) is 24.3 Å². The number of nitrogens with one attached hydrogen (secondary N) is 1. The van der Waals surface area contributed by atoms with Crippen molar-refractivity contribution in [2.75, 3.05) is 5.32 Å². The highest BCUT2D eigenvalue weighted by Gasteiger charge is 2.34. The molecule has 0 spiro atoms. The number of hydrogen-bond acceptors (Lipinski definition) is 4. The van der Waals surface area contributed by atoms with E-state index in [2.05, 4.69) is 15.5 Å². The second-order valence-corrected chi connectivity index (χ2v) is 8.74. The predicted molar refractivity (Wildman–Crippen MR) is 113 cm³/mol. The van der Waals surface area contributed by atoms with Gasteiger partial charge in [0.25, 0.3) is 0 Å². The van der Waals surface area contributed by atoms with E-state index in [1.807, 2.05) is 17.7 Å². The van der Waals surface area contributed by atoms with Gasteiger partial charge in [-0.25, -0.2) is 0 Å². The number of nitrogens with zero attached hydrogens (tertiary/aromatic N) is 3. The molecule has 4 rings (SSSR count). The Morgan fingerprint density at radius 3 is 2.55 bits per heavy atom. The van der Waals surface area contributed by atoms with Crippen molar-refractivity contribution in [3.8, 4) is 0 Å². The number of carbonyl (C=O) groups is 1. The van der Waals surface area contributed by atoms with Gasteiger partial charge in [-0.05, 0) is 36.6 Å². The number of aromatic nitrogens is 3. The van der Waals surface area contributed by atoms with Crippen LogP contribution in [0.3, 0.4) is 0 Å². The van der Waals surface area contributed by atoms with Crippen LogP contribution in [0.15, 0.2) is 53.7 Å². The number of alkyl halides is 3. The molecule has 0 saturated heterocycles. The van der Waals surface area contributed by atoms with Crippen LogP contribution in [0, 0.1) is 0 Å². The predicted octanol–water partition coefficient (Wildman–Crippen LogP) is 5.84. The zero-order valence-corrected chi connectivity index (χ0v) is 17.9. The van der Waals surface area contributed by atoms with Gasteiger partial charge in [-0.15, -0.1) is 10.2 Å². The Balaban J connectivity index is 1.61. The monoisotopic (exact) mass is 466 g/mol. The number of anilines is 1. The molecule has 1 atom stereocenters. The minimum Gasteiger partial charge on any atom is -0.325 e. The maximum absolute atomic E-state index is 13.2. The first-order valence-corrected chi connectivity index (χ1v) is 10.8. The van der Waals surface area contributed by atoms with Crippen molar-refractivity contribution >= 4 is 35.0 Å². The summed E-state index contributed by atoms with van der Waals surface area (Å²) in [7, 11) is 1.85. The molecule has 1 aliphatic carbocycles. The number of hydrogen-bond donors (Lipinski definition) is 1. The lowest BCUT2D eigenvalue weighted by molar-refractivity contribution is -0.137. The fourth-order valence-corrected chi connectivity index (χ4v) is 4.39. The molecule has 3 aromatic rings. The molecule has 1 fully saturated rings. The highest BCUT2D eigenvalue weighted by atomic mass is 35.5. The standard InChI is InChI=1S/C21H18ClF3N4OS/c1-29-18(13-7-8-13)27-28-20(29)31-17(12-5-3-2-4-6-12)19(30)26-14-9-10-16(22)15(11-14)21(23,24)25/h2-6,9-11,13,17H,7-8H2,1H3,(H,26,30)/t17-/m1/s1. The number of benzene rings is 2. The van der Waals surface area contributed by atoms with Gasteiger partial charge in [0.1, 0.15) is 11.1 Å². The van der Waals surface area contributed by atoms with Gasteiger partial charge in [-0.1, -0.05) is 53.7 Å². The van der Waals surface area contributed by atoms with E-state index in [1.165, 1.54) is 17.8 Å². The van der Waals surface area contributed by atoms with Crippen molar-refractivity contribution in [3.05, 3.63) is 70.5 Å². The summed E-state index contributed by atoms with van der Waals surface area (Å²) in [6.45, 7) is 0. The smallest absolute Gasteiger partial charge is 0.325 e. The molecule has 0 aliphatic heterocycles. The summed E-state index contributed by atoms with van der Waals surface area (Å²) in [6.07, 6.45) is -2.49. The van der Waals surface area contributed by atoms with Crippen LogP contribution >= 0.6 is 23.4 Å². The van der Waals surface area contributed by atoms with E-state index >= 15 is 0 Å². The molecule has 1 N–H and O–H groups in total. The third kappa shape index (κ3) is 4.88. The Labute approximate surface area is 186 Å². The summed E-state index contributed by atoms with van der Waals surface area (Å²) < 4.78 is 41.4. The average molecular weight is 467 g/mol. The van der Waals surface area contributed by atoms with Crippen molar-refractivity contribution in [3.63, 3.8) is 0 Å². The molecule has 5 nitrogen and oxygen atoms in total. The van der Waals surface area contributed by atoms with Crippen LogP contribution in [0.1, 0.15) is 41.0 Å². The second kappa shape index (κ2) is 8.55. The Morgan fingerprint density at radius 1 is 1.19 bits per heavy atom. The zero-order valence-electron chi connectivity index (χ0n) is 16.4. The van der Waals surface area contributed by atoms with E-state index in [0.717, 1.165) is 30.8 Å². The summed E-state index contributed by atoms with van der Waals surface area (Å²) >= 11 is 6.88. The van der Waals surface area contributed by atoms with Crippen LogP contribution in [0.4, 0.5) is 18.9 Å². The third-order valence-corrected chi connectivity index (χ3v) is 6.53. The normalized spacial score (nSPS) is 15.0. The van der Waals surface area contributed by atoms with Crippen molar-refractivity contribution in [2.45, 2.75) is 35.3 Å². The van der Waals surface area contributed by atoms with E-state index in [0.29, 0.717) is 16.6 Å². The molecular weight excluding hydrogens is 449 g/mol. The van der Waals surface area contributed by atoms with Crippen LogP contribution < -0.4 is 5.32 Å². The molecule has 1 amide bonds. The maximum atomic E-state index is 13.2. The van der Waals surface area contributed by atoms with Gasteiger partial charge in [0, 0.05) is 18.7 Å². The zero-order chi connectivity index (χ0) is 22.2. The van der Waals surface area contributed by atoms with Gasteiger partial charge in [0.15, 0.2) is 5.16 Å². The lowest BCUT2D eigenvalue weighted by Crippen LogP contribution is -2.20. The van der Waals surface area contributed by atoms with Crippen LogP contribution in [0.25, 0.3) is 0 Å². The number of thioether (sulfide) groups is 1. The van der Waals surface area contributed by atoms with Gasteiger partial charge in [0.2, 0.25) is 5.91 Å². The Kier molecular flexibility index (Phi) is 5.98. The summed E-state index contributed by atoms with van der Waals surface area (Å²) in [4.78, 5) is 13.1. The van der Waals surface area contributed by atoms with Crippen molar-refractivity contribution in [2.24, 2.45) is 7.05 Å². The largest absolute Gasteiger partial charge is 0.417 e. The lowest BCUT2D eigenvalue weighted by Gasteiger charge is -2.17. The summed E-state index contributed by atoms with van der Waals surface area (Å²) in [5, 5.41) is 10.5. The van der Waals surface area contributed by atoms with Crippen LogP contribution in [0.5, 0.6) is 0 Å². The summed E-state index contributed by atoms with van der Waals surface area (Å²) in [5.74, 6) is 0.801. The fraction of sp³-hybridized carbons (Fsp3) is 0.286. The second-order valence-electron chi connectivity index (χ2n) is 7.26. The van der Waals surface area contributed by atoms with Gasteiger partial charge in [-0.2, -0.15) is 13.2 Å². The maximum Gasteiger partial charge on any atom is 0.417 e. The first kappa shape index (κ1) is 21.7. The molecule has 10 heteroatoms. The number of rotatable bonds is 6. The van der Waals surface area contributed by atoms with Crippen LogP contribution in [-0.4, -0.2) is 20.7 Å². The minimum absolute atomic E-state index is 0.0138. The van der Waals surface area contributed by atoms with Crippen molar-refractivity contribution < 1.29 is 18.0 Å². The Hall–Kier alpha value is -2.52. The topological polar surface area (TPSA) is 59.8 Å². The van der Waals surface area contributed by atoms with Crippen molar-refractivity contribution in [1.29, 1.82) is 0 Å². The third-order valence-electron chi connectivity index (χ3n) is 4.91. The van der Waals surface area contributed by atoms with Gasteiger partial charge >= 0.3 is 6.18 Å². The quantitative estimate of drug-likeness (QED) is 0.464. The summed E-state index contributed by atoms with van der Waals surface area (Å²) in [6, 6.07) is 12.3. The molecule has 31 heavy (non-hydrogen) atoms. The van der Waals surface area contributed by atoms with Crippen LogP contribution in [0.2, 0.25) is 5.02 Å². The van der Waals surface area contributed by atoms with Crippen LogP contribution in [-0.2, 0) is 18.0 Å². The van der Waals surface area contributed by atoms with Gasteiger partial charge in [-0.3, -0.25) is 4.79 Å². The summed E-state index contributed by atoms with van der Waals surface area (Å²) in [5.41, 5.74) is -0.288. The van der Waals surface area contributed by atoms with Crippen molar-refractivity contribution in [1.82, 2.24) is 14.8 Å². The molecule has 0 unspecified atom stereocenters. The van der Waals surface area contributed by atoms with Gasteiger partial charge in [0.05, 0.1) is 10.6 Å². The molecule has 1 aliphatic rings. The van der Waals surface area contributed by atoms with Gasteiger partial charge < -0.3 is 9.88 Å². The SMILES string of the molecule is Cn1c(S[C@@H](C(=O)Nc2ccc(Cl)c(C(F)(F)F)c2)c2ccccc2)nnc1C1CC1. The molecule has 0 radical (unpaired) electrons. The highest BCUT2D eigenvalue weighted by molar-refractivity contribution is 8.00. The van der Waals surface area contributed by atoms with E-state index in [-0.39, 0.29) is 5.69 Å². The molecule has 1 saturated carbocycles. The first-order chi connectivity index (χ1) is 14.7. The first-order valence-electron chi connectivity index (χ1n) is 9.52. The molecule has 0 bridgehead atoms. The number of halogens is 4. The minimum atomic E-state index is -4.62. The fourth-order valence-electron chi connectivity index (χ4n) is 3.16. The molecule has 1 heterocycles. The number of carbonyl (C=O) groups excluding carboxylic acids is 1. The lowest BCUT2D eigenvalue weighted by atomic mass is 10.1. The van der Waals surface area contributed by atoms with E-state index < -0.39 is 27.9 Å². The molecular formula is C21H18ClF3N4OS.